The van der Waals surface area contributed by atoms with E-state index in [1.54, 1.807) is 7.11 Å². The Bertz CT molecular complexity index is 332. The van der Waals surface area contributed by atoms with E-state index < -0.39 is 0 Å². The van der Waals surface area contributed by atoms with E-state index in [2.05, 4.69) is 17.2 Å². The molecular formula is C13H20N2O. The SMILES string of the molecule is COc1cccc(NC2CCC(C)CC2)n1. The summed E-state index contributed by atoms with van der Waals surface area (Å²) in [6.45, 7) is 2.33. The van der Waals surface area contributed by atoms with Crippen molar-refractivity contribution in [1.29, 1.82) is 0 Å². The zero-order valence-corrected chi connectivity index (χ0v) is 10.1. The zero-order chi connectivity index (χ0) is 11.4. The molecule has 0 atom stereocenters. The summed E-state index contributed by atoms with van der Waals surface area (Å²) in [6, 6.07) is 6.42. The fourth-order valence-corrected chi connectivity index (χ4v) is 2.22. The lowest BCUT2D eigenvalue weighted by Gasteiger charge is -2.27. The predicted octanol–water partition coefficient (Wildman–Crippen LogP) is 3.08. The van der Waals surface area contributed by atoms with Gasteiger partial charge in [0.05, 0.1) is 7.11 Å². The lowest BCUT2D eigenvalue weighted by molar-refractivity contribution is 0.360. The summed E-state index contributed by atoms with van der Waals surface area (Å²) < 4.78 is 5.11. The van der Waals surface area contributed by atoms with E-state index in [0.717, 1.165) is 11.7 Å². The maximum absolute atomic E-state index is 5.11. The van der Waals surface area contributed by atoms with Crippen molar-refractivity contribution in [3.05, 3.63) is 18.2 Å². The van der Waals surface area contributed by atoms with Crippen LogP contribution in [0.2, 0.25) is 0 Å². The molecule has 1 aliphatic carbocycles. The molecule has 16 heavy (non-hydrogen) atoms. The third kappa shape index (κ3) is 2.87. The molecule has 0 spiro atoms. The van der Waals surface area contributed by atoms with Crippen LogP contribution in [0.25, 0.3) is 0 Å². The summed E-state index contributed by atoms with van der Waals surface area (Å²) in [7, 11) is 1.65. The molecule has 3 nitrogen and oxygen atoms in total. The summed E-state index contributed by atoms with van der Waals surface area (Å²) in [6.07, 6.45) is 5.14. The Morgan fingerprint density at radius 1 is 1.25 bits per heavy atom. The number of hydrogen-bond donors (Lipinski definition) is 1. The van der Waals surface area contributed by atoms with E-state index >= 15 is 0 Å². The van der Waals surface area contributed by atoms with Gasteiger partial charge in [-0.3, -0.25) is 0 Å². The molecule has 1 aromatic heterocycles. The van der Waals surface area contributed by atoms with Gasteiger partial charge in [0.1, 0.15) is 5.82 Å². The van der Waals surface area contributed by atoms with Crippen LogP contribution < -0.4 is 10.1 Å². The van der Waals surface area contributed by atoms with Gasteiger partial charge >= 0.3 is 0 Å². The molecule has 1 aliphatic rings. The third-order valence-corrected chi connectivity index (χ3v) is 3.30. The molecule has 88 valence electrons. The van der Waals surface area contributed by atoms with Crippen molar-refractivity contribution >= 4 is 5.82 Å². The first kappa shape index (κ1) is 11.2. The summed E-state index contributed by atoms with van der Waals surface area (Å²) in [5.41, 5.74) is 0. The quantitative estimate of drug-likeness (QED) is 0.850. The molecule has 1 heterocycles. The van der Waals surface area contributed by atoms with E-state index in [0.29, 0.717) is 11.9 Å². The van der Waals surface area contributed by atoms with Crippen molar-refractivity contribution in [3.63, 3.8) is 0 Å². The van der Waals surface area contributed by atoms with Gasteiger partial charge in [-0.2, -0.15) is 4.98 Å². The minimum absolute atomic E-state index is 0.579. The fourth-order valence-electron chi connectivity index (χ4n) is 2.22. The highest BCUT2D eigenvalue weighted by Gasteiger charge is 2.18. The first-order valence-corrected chi connectivity index (χ1v) is 6.05. The van der Waals surface area contributed by atoms with Gasteiger partial charge in [-0.05, 0) is 37.7 Å². The summed E-state index contributed by atoms with van der Waals surface area (Å²) in [5.74, 6) is 2.49. The van der Waals surface area contributed by atoms with Crippen molar-refractivity contribution in [2.45, 2.75) is 38.6 Å². The van der Waals surface area contributed by atoms with Crippen molar-refractivity contribution in [1.82, 2.24) is 4.98 Å². The van der Waals surface area contributed by atoms with Crippen LogP contribution >= 0.6 is 0 Å². The number of hydrogen-bond acceptors (Lipinski definition) is 3. The van der Waals surface area contributed by atoms with Gasteiger partial charge in [-0.15, -0.1) is 0 Å². The van der Waals surface area contributed by atoms with E-state index in [4.69, 9.17) is 4.74 Å². The molecule has 2 rings (SSSR count). The molecule has 0 bridgehead atoms. The topological polar surface area (TPSA) is 34.1 Å². The standard InChI is InChI=1S/C13H20N2O/c1-10-6-8-11(9-7-10)14-12-4-3-5-13(15-12)16-2/h3-5,10-11H,6-9H2,1-2H3,(H,14,15). The average molecular weight is 220 g/mol. The predicted molar refractivity (Wildman–Crippen MR) is 65.8 cm³/mol. The molecule has 0 amide bonds. The van der Waals surface area contributed by atoms with Crippen LogP contribution in [0.3, 0.4) is 0 Å². The number of ether oxygens (including phenoxy) is 1. The Morgan fingerprint density at radius 3 is 2.69 bits per heavy atom. The Morgan fingerprint density at radius 2 is 2.00 bits per heavy atom. The first-order chi connectivity index (χ1) is 7.78. The molecule has 1 fully saturated rings. The second-order valence-corrected chi connectivity index (χ2v) is 4.67. The molecular weight excluding hydrogens is 200 g/mol. The zero-order valence-electron chi connectivity index (χ0n) is 10.1. The normalized spacial score (nSPS) is 25.1. The lowest BCUT2D eigenvalue weighted by Crippen LogP contribution is -2.25. The average Bonchev–Trinajstić information content (AvgIpc) is 2.32. The molecule has 1 aromatic rings. The minimum atomic E-state index is 0.579. The largest absolute Gasteiger partial charge is 0.481 e. The molecule has 0 saturated heterocycles. The van der Waals surface area contributed by atoms with Crippen LogP contribution in [0.15, 0.2) is 18.2 Å². The van der Waals surface area contributed by atoms with Gasteiger partial charge in [-0.25, -0.2) is 0 Å². The van der Waals surface area contributed by atoms with Crippen LogP contribution in [0.5, 0.6) is 5.88 Å². The Balaban J connectivity index is 1.93. The van der Waals surface area contributed by atoms with E-state index in [1.165, 1.54) is 25.7 Å². The van der Waals surface area contributed by atoms with Gasteiger partial charge in [0.2, 0.25) is 5.88 Å². The van der Waals surface area contributed by atoms with Crippen LogP contribution in [0, 0.1) is 5.92 Å². The second-order valence-electron chi connectivity index (χ2n) is 4.67. The number of nitrogens with zero attached hydrogens (tertiary/aromatic N) is 1. The summed E-state index contributed by atoms with van der Waals surface area (Å²) in [5, 5.41) is 3.48. The molecule has 0 aromatic carbocycles. The van der Waals surface area contributed by atoms with Crippen molar-refractivity contribution in [2.75, 3.05) is 12.4 Å². The Hall–Kier alpha value is -1.25. The highest BCUT2D eigenvalue weighted by Crippen LogP contribution is 2.25. The van der Waals surface area contributed by atoms with E-state index in [1.807, 2.05) is 18.2 Å². The van der Waals surface area contributed by atoms with Gasteiger partial charge in [-0.1, -0.05) is 13.0 Å². The van der Waals surface area contributed by atoms with Gasteiger partial charge in [0.25, 0.3) is 0 Å². The Labute approximate surface area is 97.2 Å². The number of pyridine rings is 1. The van der Waals surface area contributed by atoms with E-state index in [-0.39, 0.29) is 0 Å². The number of methoxy groups -OCH3 is 1. The molecule has 0 radical (unpaired) electrons. The highest BCUT2D eigenvalue weighted by atomic mass is 16.5. The number of nitrogens with one attached hydrogen (secondary N) is 1. The van der Waals surface area contributed by atoms with Gasteiger partial charge in [0, 0.05) is 12.1 Å². The fraction of sp³-hybridized carbons (Fsp3) is 0.615. The highest BCUT2D eigenvalue weighted by molar-refractivity contribution is 5.38. The van der Waals surface area contributed by atoms with Crippen LogP contribution in [-0.2, 0) is 0 Å². The van der Waals surface area contributed by atoms with Gasteiger partial charge in [0.15, 0.2) is 0 Å². The van der Waals surface area contributed by atoms with Crippen molar-refractivity contribution in [3.8, 4) is 5.88 Å². The smallest absolute Gasteiger partial charge is 0.214 e. The number of aromatic nitrogens is 1. The summed E-state index contributed by atoms with van der Waals surface area (Å²) >= 11 is 0. The van der Waals surface area contributed by atoms with Crippen molar-refractivity contribution in [2.24, 2.45) is 5.92 Å². The molecule has 3 heteroatoms. The molecule has 1 N–H and O–H groups in total. The first-order valence-electron chi connectivity index (χ1n) is 6.05. The van der Waals surface area contributed by atoms with Crippen LogP contribution in [0.1, 0.15) is 32.6 Å². The molecule has 0 unspecified atom stereocenters. The monoisotopic (exact) mass is 220 g/mol. The maximum Gasteiger partial charge on any atom is 0.214 e. The van der Waals surface area contributed by atoms with E-state index in [9.17, 15) is 0 Å². The van der Waals surface area contributed by atoms with Crippen LogP contribution in [0.4, 0.5) is 5.82 Å². The van der Waals surface area contributed by atoms with Crippen molar-refractivity contribution < 1.29 is 4.74 Å². The lowest BCUT2D eigenvalue weighted by atomic mass is 9.87. The molecule has 1 saturated carbocycles. The maximum atomic E-state index is 5.11. The third-order valence-electron chi connectivity index (χ3n) is 3.30. The van der Waals surface area contributed by atoms with Gasteiger partial charge < -0.3 is 10.1 Å². The van der Waals surface area contributed by atoms with Crippen LogP contribution in [-0.4, -0.2) is 18.1 Å². The number of anilines is 1. The number of rotatable bonds is 3. The second kappa shape index (κ2) is 5.19. The summed E-state index contributed by atoms with van der Waals surface area (Å²) in [4.78, 5) is 4.37. The minimum Gasteiger partial charge on any atom is -0.481 e. The molecule has 0 aliphatic heterocycles. The Kier molecular flexibility index (Phi) is 3.65.